The Balaban J connectivity index is 1.89. The average Bonchev–Trinajstić information content (AvgIpc) is 2.42. The van der Waals surface area contributed by atoms with Crippen molar-refractivity contribution >= 4 is 39.1 Å². The average molecular weight is 354 g/mol. The van der Waals surface area contributed by atoms with E-state index in [0.29, 0.717) is 28.2 Å². The van der Waals surface area contributed by atoms with Crippen molar-refractivity contribution in [3.63, 3.8) is 0 Å². The number of rotatable bonds is 4. The van der Waals surface area contributed by atoms with Crippen LogP contribution in [-0.4, -0.2) is 10.9 Å². The summed E-state index contributed by atoms with van der Waals surface area (Å²) in [6.07, 6.45) is 2.69. The van der Waals surface area contributed by atoms with Crippen LogP contribution >= 0.6 is 27.5 Å². The van der Waals surface area contributed by atoms with E-state index in [4.69, 9.17) is 11.6 Å². The molecule has 1 amide bonds. The number of halogens is 2. The molecule has 104 valence electrons. The van der Waals surface area contributed by atoms with Crippen molar-refractivity contribution in [3.05, 3.63) is 57.3 Å². The molecule has 2 rings (SSSR count). The van der Waals surface area contributed by atoms with E-state index in [9.17, 15) is 4.79 Å². The predicted molar refractivity (Wildman–Crippen MR) is 85.1 cm³/mol. The molecule has 0 fully saturated rings. The summed E-state index contributed by atoms with van der Waals surface area (Å²) in [7, 11) is 0. The first kappa shape index (κ1) is 15.0. The molecule has 5 heteroatoms. The van der Waals surface area contributed by atoms with E-state index in [1.54, 1.807) is 6.07 Å². The fourth-order valence-corrected chi connectivity index (χ4v) is 2.18. The van der Waals surface area contributed by atoms with Gasteiger partial charge in [-0.1, -0.05) is 41.4 Å². The van der Waals surface area contributed by atoms with Gasteiger partial charge in [0.15, 0.2) is 0 Å². The summed E-state index contributed by atoms with van der Waals surface area (Å²) in [5, 5.41) is 3.18. The Morgan fingerprint density at radius 3 is 2.70 bits per heavy atom. The fourth-order valence-electron chi connectivity index (χ4n) is 1.73. The molecular weight excluding hydrogens is 340 g/mol. The maximum Gasteiger partial charge on any atom is 0.224 e. The number of pyridine rings is 1. The number of carbonyl (C=O) groups excluding carboxylic acids is 1. The molecule has 2 aromatic rings. The summed E-state index contributed by atoms with van der Waals surface area (Å²) in [5.74, 6) is -0.0402. The minimum absolute atomic E-state index is 0.0402. The highest BCUT2D eigenvalue weighted by Gasteiger charge is 2.05. The fraction of sp³-hybridized carbons (Fsp3) is 0.200. The van der Waals surface area contributed by atoms with Crippen LogP contribution in [-0.2, 0) is 11.2 Å². The van der Waals surface area contributed by atoms with Crippen molar-refractivity contribution in [2.75, 3.05) is 5.32 Å². The zero-order valence-corrected chi connectivity index (χ0v) is 13.3. The zero-order chi connectivity index (χ0) is 14.5. The van der Waals surface area contributed by atoms with Gasteiger partial charge < -0.3 is 5.32 Å². The van der Waals surface area contributed by atoms with Gasteiger partial charge in [-0.3, -0.25) is 4.79 Å². The molecule has 0 aliphatic carbocycles. The van der Waals surface area contributed by atoms with E-state index in [2.05, 4.69) is 26.2 Å². The molecule has 0 aliphatic rings. The number of hydrogen-bond donors (Lipinski definition) is 1. The lowest BCUT2D eigenvalue weighted by atomic mass is 10.1. The molecule has 0 bridgehead atoms. The minimum atomic E-state index is -0.0402. The molecule has 0 saturated carbocycles. The molecule has 0 radical (unpaired) electrons. The molecular formula is C15H14BrClN2O. The topological polar surface area (TPSA) is 42.0 Å². The summed E-state index contributed by atoms with van der Waals surface area (Å²) in [4.78, 5) is 15.8. The van der Waals surface area contributed by atoms with Crippen LogP contribution in [0, 0.1) is 6.92 Å². The Morgan fingerprint density at radius 2 is 2.05 bits per heavy atom. The van der Waals surface area contributed by atoms with Crippen molar-refractivity contribution in [2.24, 2.45) is 0 Å². The first-order valence-corrected chi connectivity index (χ1v) is 7.38. The lowest BCUT2D eigenvalue weighted by Crippen LogP contribution is -2.12. The molecule has 20 heavy (non-hydrogen) atoms. The van der Waals surface area contributed by atoms with Crippen LogP contribution in [0.3, 0.4) is 0 Å². The molecule has 3 nitrogen and oxygen atoms in total. The molecule has 1 aromatic carbocycles. The number of anilines is 1. The molecule has 1 N–H and O–H groups in total. The highest BCUT2D eigenvalue weighted by atomic mass is 79.9. The SMILES string of the molecule is Cc1ccc(CCC(=O)Nc2cnc(Cl)c(Br)c2)cc1. The second-order valence-electron chi connectivity index (χ2n) is 4.53. The van der Waals surface area contributed by atoms with Gasteiger partial charge in [0.2, 0.25) is 5.91 Å². The van der Waals surface area contributed by atoms with E-state index in [0.717, 1.165) is 5.56 Å². The van der Waals surface area contributed by atoms with E-state index in [-0.39, 0.29) is 5.91 Å². The Labute approximate surface area is 131 Å². The number of nitrogens with one attached hydrogen (secondary N) is 1. The Morgan fingerprint density at radius 1 is 1.35 bits per heavy atom. The van der Waals surface area contributed by atoms with E-state index >= 15 is 0 Å². The van der Waals surface area contributed by atoms with Crippen LogP contribution < -0.4 is 5.32 Å². The number of carbonyl (C=O) groups is 1. The first-order chi connectivity index (χ1) is 9.54. The molecule has 1 heterocycles. The summed E-state index contributed by atoms with van der Waals surface area (Å²) in [6.45, 7) is 2.04. The van der Waals surface area contributed by atoms with Gasteiger partial charge in [0.1, 0.15) is 5.15 Å². The maximum atomic E-state index is 11.9. The second-order valence-corrected chi connectivity index (χ2v) is 5.74. The van der Waals surface area contributed by atoms with Gasteiger partial charge in [0.25, 0.3) is 0 Å². The van der Waals surface area contributed by atoms with Crippen molar-refractivity contribution < 1.29 is 4.79 Å². The van der Waals surface area contributed by atoms with Gasteiger partial charge >= 0.3 is 0 Å². The number of nitrogens with zero attached hydrogens (tertiary/aromatic N) is 1. The smallest absolute Gasteiger partial charge is 0.224 e. The summed E-state index contributed by atoms with van der Waals surface area (Å²) < 4.78 is 0.663. The van der Waals surface area contributed by atoms with E-state index < -0.39 is 0 Å². The Kier molecular flexibility index (Phi) is 5.15. The van der Waals surface area contributed by atoms with Crippen LogP contribution in [0.5, 0.6) is 0 Å². The lowest BCUT2D eigenvalue weighted by Gasteiger charge is -2.06. The van der Waals surface area contributed by atoms with Gasteiger partial charge in [-0.2, -0.15) is 0 Å². The zero-order valence-electron chi connectivity index (χ0n) is 11.0. The van der Waals surface area contributed by atoms with Gasteiger partial charge in [-0.15, -0.1) is 0 Å². The van der Waals surface area contributed by atoms with Crippen molar-refractivity contribution in [2.45, 2.75) is 19.8 Å². The largest absolute Gasteiger partial charge is 0.325 e. The molecule has 0 unspecified atom stereocenters. The van der Waals surface area contributed by atoms with Gasteiger partial charge in [-0.25, -0.2) is 4.98 Å². The van der Waals surface area contributed by atoms with E-state index in [1.807, 2.05) is 31.2 Å². The molecule has 0 saturated heterocycles. The third kappa shape index (κ3) is 4.32. The molecule has 0 atom stereocenters. The standard InChI is InChI=1S/C15H14BrClN2O/c1-10-2-4-11(5-3-10)6-7-14(20)19-12-8-13(16)15(17)18-9-12/h2-5,8-9H,6-7H2,1H3,(H,19,20). The monoisotopic (exact) mass is 352 g/mol. The van der Waals surface area contributed by atoms with E-state index in [1.165, 1.54) is 11.8 Å². The van der Waals surface area contributed by atoms with Crippen LogP contribution in [0.1, 0.15) is 17.5 Å². The molecule has 0 aliphatic heterocycles. The third-order valence-electron chi connectivity index (χ3n) is 2.84. The summed E-state index contributed by atoms with van der Waals surface area (Å²) >= 11 is 9.07. The molecule has 1 aromatic heterocycles. The number of hydrogen-bond acceptors (Lipinski definition) is 2. The van der Waals surface area contributed by atoms with Crippen molar-refractivity contribution in [1.29, 1.82) is 0 Å². The lowest BCUT2D eigenvalue weighted by molar-refractivity contribution is -0.116. The number of benzene rings is 1. The Hall–Kier alpha value is -1.39. The summed E-state index contributed by atoms with van der Waals surface area (Å²) in [6, 6.07) is 9.92. The first-order valence-electron chi connectivity index (χ1n) is 6.21. The van der Waals surface area contributed by atoms with Crippen LogP contribution in [0.4, 0.5) is 5.69 Å². The van der Waals surface area contributed by atoms with Crippen molar-refractivity contribution in [3.8, 4) is 0 Å². The van der Waals surface area contributed by atoms with Crippen LogP contribution in [0.15, 0.2) is 41.0 Å². The third-order valence-corrected chi connectivity index (χ3v) is 3.98. The highest BCUT2D eigenvalue weighted by Crippen LogP contribution is 2.22. The van der Waals surface area contributed by atoms with Crippen LogP contribution in [0.2, 0.25) is 5.15 Å². The molecule has 0 spiro atoms. The normalized spacial score (nSPS) is 10.3. The Bertz CT molecular complexity index is 614. The number of aryl methyl sites for hydroxylation is 2. The van der Waals surface area contributed by atoms with Gasteiger partial charge in [0, 0.05) is 6.42 Å². The summed E-state index contributed by atoms with van der Waals surface area (Å²) in [5.41, 5.74) is 3.01. The second kappa shape index (κ2) is 6.86. The predicted octanol–water partition coefficient (Wildman–Crippen LogP) is 4.38. The van der Waals surface area contributed by atoms with Crippen molar-refractivity contribution in [1.82, 2.24) is 4.98 Å². The van der Waals surface area contributed by atoms with Crippen LogP contribution in [0.25, 0.3) is 0 Å². The van der Waals surface area contributed by atoms with Gasteiger partial charge in [0.05, 0.1) is 16.4 Å². The quantitative estimate of drug-likeness (QED) is 0.829. The van der Waals surface area contributed by atoms with Gasteiger partial charge in [-0.05, 0) is 40.9 Å². The number of amides is 1. The minimum Gasteiger partial charge on any atom is -0.325 e. The maximum absolute atomic E-state index is 11.9. The highest BCUT2D eigenvalue weighted by molar-refractivity contribution is 9.10. The number of aromatic nitrogens is 1.